The highest BCUT2D eigenvalue weighted by molar-refractivity contribution is 7.99. The first-order chi connectivity index (χ1) is 7.29. The summed E-state index contributed by atoms with van der Waals surface area (Å²) in [7, 11) is 1.81. The molecular formula is C7H9N7S. The van der Waals surface area contributed by atoms with Crippen molar-refractivity contribution in [1.29, 1.82) is 0 Å². The third-order valence-electron chi connectivity index (χ3n) is 1.63. The summed E-state index contributed by atoms with van der Waals surface area (Å²) in [5.74, 6) is 5.74. The van der Waals surface area contributed by atoms with E-state index in [1.807, 2.05) is 7.05 Å². The molecule has 8 heteroatoms. The van der Waals surface area contributed by atoms with E-state index in [4.69, 9.17) is 5.84 Å². The molecule has 0 bridgehead atoms. The number of rotatable bonds is 3. The molecule has 0 amide bonds. The van der Waals surface area contributed by atoms with Gasteiger partial charge in [0.2, 0.25) is 0 Å². The number of aryl methyl sites for hydroxylation is 1. The van der Waals surface area contributed by atoms with E-state index in [1.165, 1.54) is 18.1 Å². The Kier molecular flexibility index (Phi) is 2.79. The van der Waals surface area contributed by atoms with Crippen LogP contribution in [0.3, 0.4) is 0 Å². The van der Waals surface area contributed by atoms with E-state index in [2.05, 4.69) is 25.5 Å². The largest absolute Gasteiger partial charge is 0.307 e. The fourth-order valence-corrected chi connectivity index (χ4v) is 1.66. The molecule has 0 saturated heterocycles. The fraction of sp³-hybridized carbons (Fsp3) is 0.143. The maximum absolute atomic E-state index is 5.23. The lowest BCUT2D eigenvalue weighted by Gasteiger charge is -2.01. The van der Waals surface area contributed by atoms with Crippen LogP contribution in [0.4, 0.5) is 5.82 Å². The second-order valence-electron chi connectivity index (χ2n) is 2.66. The van der Waals surface area contributed by atoms with Crippen LogP contribution in [-0.4, -0.2) is 24.7 Å². The van der Waals surface area contributed by atoms with Gasteiger partial charge in [0.15, 0.2) is 11.0 Å². The summed E-state index contributed by atoms with van der Waals surface area (Å²) in [5, 5.41) is 5.41. The van der Waals surface area contributed by atoms with Gasteiger partial charge in [-0.25, -0.2) is 20.5 Å². The average molecular weight is 223 g/mol. The van der Waals surface area contributed by atoms with Crippen molar-refractivity contribution in [2.75, 3.05) is 5.43 Å². The SMILES string of the molecule is Cn1ncnc1Sc1cncc(NN)n1. The zero-order valence-electron chi connectivity index (χ0n) is 7.95. The summed E-state index contributed by atoms with van der Waals surface area (Å²) < 4.78 is 1.66. The number of nitrogen functional groups attached to an aromatic ring is 1. The zero-order chi connectivity index (χ0) is 10.7. The van der Waals surface area contributed by atoms with Crippen LogP contribution in [0.5, 0.6) is 0 Å². The standard InChI is InChI=1S/C7H9N7S/c1-14-7(10-4-11-14)15-6-3-9-2-5(12-6)13-8/h2-4H,8H2,1H3,(H,12,13). The molecule has 0 aliphatic rings. The number of nitrogens with zero attached hydrogens (tertiary/aromatic N) is 5. The monoisotopic (exact) mass is 223 g/mol. The smallest absolute Gasteiger partial charge is 0.192 e. The molecule has 0 aliphatic heterocycles. The number of hydrogen-bond acceptors (Lipinski definition) is 7. The van der Waals surface area contributed by atoms with E-state index in [-0.39, 0.29) is 0 Å². The highest BCUT2D eigenvalue weighted by atomic mass is 32.2. The molecule has 2 aromatic heterocycles. The Morgan fingerprint density at radius 2 is 2.33 bits per heavy atom. The van der Waals surface area contributed by atoms with E-state index in [9.17, 15) is 0 Å². The van der Waals surface area contributed by atoms with E-state index in [1.54, 1.807) is 17.1 Å². The Balaban J connectivity index is 2.21. The fourth-order valence-electron chi connectivity index (χ4n) is 0.938. The Morgan fingerprint density at radius 1 is 1.47 bits per heavy atom. The zero-order valence-corrected chi connectivity index (χ0v) is 8.77. The van der Waals surface area contributed by atoms with Crippen molar-refractivity contribution in [2.24, 2.45) is 12.9 Å². The number of hydrazine groups is 1. The van der Waals surface area contributed by atoms with Crippen LogP contribution in [0.1, 0.15) is 0 Å². The minimum atomic E-state index is 0.516. The third kappa shape index (κ3) is 2.22. The molecule has 0 unspecified atom stereocenters. The normalized spacial score (nSPS) is 10.3. The summed E-state index contributed by atoms with van der Waals surface area (Å²) in [5.41, 5.74) is 2.43. The molecule has 0 radical (unpaired) electrons. The number of anilines is 1. The van der Waals surface area contributed by atoms with Crippen LogP contribution in [-0.2, 0) is 7.05 Å². The molecule has 2 aromatic rings. The summed E-state index contributed by atoms with van der Waals surface area (Å²) in [6.45, 7) is 0. The molecule has 2 rings (SSSR count). The van der Waals surface area contributed by atoms with Gasteiger partial charge < -0.3 is 5.43 Å². The topological polar surface area (TPSA) is 94.5 Å². The Bertz CT molecular complexity index is 454. The van der Waals surface area contributed by atoms with Crippen LogP contribution in [0.15, 0.2) is 28.9 Å². The van der Waals surface area contributed by atoms with Crippen LogP contribution in [0, 0.1) is 0 Å². The van der Waals surface area contributed by atoms with Gasteiger partial charge in [-0.15, -0.1) is 0 Å². The van der Waals surface area contributed by atoms with Gasteiger partial charge >= 0.3 is 0 Å². The quantitative estimate of drug-likeness (QED) is 0.560. The predicted molar refractivity (Wildman–Crippen MR) is 55.0 cm³/mol. The van der Waals surface area contributed by atoms with Gasteiger partial charge in [0, 0.05) is 7.05 Å². The highest BCUT2D eigenvalue weighted by Gasteiger charge is 2.05. The van der Waals surface area contributed by atoms with Crippen molar-refractivity contribution in [1.82, 2.24) is 24.7 Å². The van der Waals surface area contributed by atoms with Crippen LogP contribution >= 0.6 is 11.8 Å². The molecule has 15 heavy (non-hydrogen) atoms. The molecule has 0 saturated carbocycles. The molecule has 0 aromatic carbocycles. The molecule has 3 N–H and O–H groups in total. The maximum atomic E-state index is 5.23. The lowest BCUT2D eigenvalue weighted by molar-refractivity contribution is 0.684. The summed E-state index contributed by atoms with van der Waals surface area (Å²) in [6.07, 6.45) is 4.67. The van der Waals surface area contributed by atoms with Gasteiger partial charge in [0.05, 0.1) is 12.4 Å². The minimum Gasteiger partial charge on any atom is -0.307 e. The lowest BCUT2D eigenvalue weighted by atomic mass is 10.7. The van der Waals surface area contributed by atoms with Gasteiger partial charge in [-0.2, -0.15) is 5.10 Å². The first-order valence-electron chi connectivity index (χ1n) is 4.10. The maximum Gasteiger partial charge on any atom is 0.192 e. The van der Waals surface area contributed by atoms with Crippen molar-refractivity contribution in [3.8, 4) is 0 Å². The first-order valence-corrected chi connectivity index (χ1v) is 4.92. The Hall–Kier alpha value is -1.67. The van der Waals surface area contributed by atoms with Crippen molar-refractivity contribution in [3.05, 3.63) is 18.7 Å². The number of hydrogen-bond donors (Lipinski definition) is 2. The molecule has 0 atom stereocenters. The van der Waals surface area contributed by atoms with Crippen molar-refractivity contribution in [3.63, 3.8) is 0 Å². The Labute approximate surface area is 90.1 Å². The molecular weight excluding hydrogens is 214 g/mol. The Morgan fingerprint density at radius 3 is 3.00 bits per heavy atom. The van der Waals surface area contributed by atoms with Crippen molar-refractivity contribution >= 4 is 17.6 Å². The average Bonchev–Trinajstić information content (AvgIpc) is 2.65. The van der Waals surface area contributed by atoms with E-state index >= 15 is 0 Å². The highest BCUT2D eigenvalue weighted by Crippen LogP contribution is 2.22. The van der Waals surface area contributed by atoms with Crippen molar-refractivity contribution < 1.29 is 0 Å². The first kappa shape index (κ1) is 9.87. The van der Waals surface area contributed by atoms with Crippen LogP contribution in [0.2, 0.25) is 0 Å². The molecule has 0 spiro atoms. The van der Waals surface area contributed by atoms with Crippen LogP contribution in [0.25, 0.3) is 0 Å². The predicted octanol–water partition coefficient (Wildman–Crippen LogP) is 0.0419. The van der Waals surface area contributed by atoms with E-state index in [0.29, 0.717) is 10.8 Å². The minimum absolute atomic E-state index is 0.516. The van der Waals surface area contributed by atoms with Gasteiger partial charge in [0.25, 0.3) is 0 Å². The van der Waals surface area contributed by atoms with Gasteiger partial charge in [-0.1, -0.05) is 0 Å². The summed E-state index contributed by atoms with van der Waals surface area (Å²) >= 11 is 1.37. The van der Waals surface area contributed by atoms with Gasteiger partial charge in [0.1, 0.15) is 11.4 Å². The van der Waals surface area contributed by atoms with Crippen LogP contribution < -0.4 is 11.3 Å². The van der Waals surface area contributed by atoms with E-state index in [0.717, 1.165) is 5.16 Å². The molecule has 2 heterocycles. The molecule has 0 aliphatic carbocycles. The molecule has 78 valence electrons. The second-order valence-corrected chi connectivity index (χ2v) is 3.64. The van der Waals surface area contributed by atoms with E-state index < -0.39 is 0 Å². The van der Waals surface area contributed by atoms with Crippen molar-refractivity contribution in [2.45, 2.75) is 10.2 Å². The number of nitrogens with one attached hydrogen (secondary N) is 1. The number of aromatic nitrogens is 5. The summed E-state index contributed by atoms with van der Waals surface area (Å²) in [6, 6.07) is 0. The van der Waals surface area contributed by atoms with Gasteiger partial charge in [-0.3, -0.25) is 4.98 Å². The van der Waals surface area contributed by atoms with Gasteiger partial charge in [-0.05, 0) is 11.8 Å². The second kappa shape index (κ2) is 4.24. The number of nitrogens with two attached hydrogens (primary N) is 1. The third-order valence-corrected chi connectivity index (χ3v) is 2.58. The molecule has 7 nitrogen and oxygen atoms in total. The summed E-state index contributed by atoms with van der Waals surface area (Å²) in [4.78, 5) is 12.2. The lowest BCUT2D eigenvalue weighted by Crippen LogP contribution is -2.09. The molecule has 0 fully saturated rings.